The van der Waals surface area contributed by atoms with Gasteiger partial charge in [-0.15, -0.1) is 0 Å². The van der Waals surface area contributed by atoms with E-state index in [0.717, 1.165) is 6.42 Å². The molecule has 6 nitrogen and oxygen atoms in total. The van der Waals surface area contributed by atoms with Crippen molar-refractivity contribution in [3.05, 3.63) is 11.9 Å². The van der Waals surface area contributed by atoms with E-state index in [1.165, 1.54) is 6.20 Å². The second kappa shape index (κ2) is 3.90. The number of rotatable bonds is 2. The molecule has 1 unspecified atom stereocenters. The first-order valence-corrected chi connectivity index (χ1v) is 4.87. The van der Waals surface area contributed by atoms with Crippen molar-refractivity contribution in [2.45, 2.75) is 12.5 Å². The quantitative estimate of drug-likeness (QED) is 0.707. The lowest BCUT2D eigenvalue weighted by Crippen LogP contribution is -2.25. The molecule has 1 amide bonds. The zero-order chi connectivity index (χ0) is 10.8. The van der Waals surface area contributed by atoms with Gasteiger partial charge >= 0.3 is 0 Å². The van der Waals surface area contributed by atoms with Gasteiger partial charge in [0.15, 0.2) is 0 Å². The van der Waals surface area contributed by atoms with Crippen molar-refractivity contribution >= 4 is 11.6 Å². The first-order valence-electron chi connectivity index (χ1n) is 4.87. The minimum atomic E-state index is -0.211. The maximum atomic E-state index is 11.6. The van der Waals surface area contributed by atoms with E-state index in [1.807, 2.05) is 0 Å². The van der Waals surface area contributed by atoms with Gasteiger partial charge in [-0.05, 0) is 6.42 Å². The molecule has 0 bridgehead atoms. The average Bonchev–Trinajstić information content (AvgIpc) is 2.85. The molecule has 1 atom stereocenters. The van der Waals surface area contributed by atoms with Gasteiger partial charge in [0.25, 0.3) is 5.91 Å². The van der Waals surface area contributed by atoms with Crippen molar-refractivity contribution in [3.63, 3.8) is 0 Å². The smallest absolute Gasteiger partial charge is 0.271 e. The second-order valence-electron chi connectivity index (χ2n) is 3.49. The molecule has 3 N–H and O–H groups in total. The fraction of sp³-hybridized carbons (Fsp3) is 0.556. The summed E-state index contributed by atoms with van der Waals surface area (Å²) in [6.07, 6.45) is 2.37. The Kier molecular flexibility index (Phi) is 2.59. The van der Waals surface area contributed by atoms with Crippen LogP contribution in [-0.4, -0.2) is 35.9 Å². The van der Waals surface area contributed by atoms with Gasteiger partial charge in [-0.25, -0.2) is 0 Å². The lowest BCUT2D eigenvalue weighted by atomic mass is 10.2. The van der Waals surface area contributed by atoms with E-state index in [1.54, 1.807) is 11.7 Å². The van der Waals surface area contributed by atoms with Gasteiger partial charge in [0.05, 0.1) is 24.5 Å². The Balaban J connectivity index is 2.34. The summed E-state index contributed by atoms with van der Waals surface area (Å²) in [7, 11) is 1.57. The van der Waals surface area contributed by atoms with Crippen LogP contribution >= 0.6 is 0 Å². The van der Waals surface area contributed by atoms with Gasteiger partial charge in [-0.1, -0.05) is 0 Å². The fourth-order valence-electron chi connectivity index (χ4n) is 1.72. The Hall–Kier alpha value is -1.56. The summed E-state index contributed by atoms with van der Waals surface area (Å²) in [5.41, 5.74) is 6.53. The number of hydrogen-bond donors (Lipinski definition) is 2. The van der Waals surface area contributed by atoms with E-state index < -0.39 is 0 Å². The van der Waals surface area contributed by atoms with Crippen LogP contribution in [-0.2, 0) is 4.74 Å². The normalized spacial score (nSPS) is 20.5. The first kappa shape index (κ1) is 9.97. The third-order valence-corrected chi connectivity index (χ3v) is 2.52. The van der Waals surface area contributed by atoms with Crippen LogP contribution in [0.5, 0.6) is 0 Å². The molecule has 2 rings (SSSR count). The molecule has 1 fully saturated rings. The molecule has 6 heteroatoms. The van der Waals surface area contributed by atoms with Gasteiger partial charge in [0.1, 0.15) is 5.69 Å². The number of amides is 1. The van der Waals surface area contributed by atoms with E-state index in [2.05, 4.69) is 10.4 Å². The molecule has 1 aliphatic rings. The Morgan fingerprint density at radius 3 is 3.20 bits per heavy atom. The molecule has 2 heterocycles. The summed E-state index contributed by atoms with van der Waals surface area (Å²) in [5, 5.41) is 6.67. The summed E-state index contributed by atoms with van der Waals surface area (Å²) in [6, 6.07) is 0.120. The van der Waals surface area contributed by atoms with Gasteiger partial charge in [0, 0.05) is 13.7 Å². The second-order valence-corrected chi connectivity index (χ2v) is 3.49. The number of nitrogens with zero attached hydrogens (tertiary/aromatic N) is 2. The highest BCUT2D eigenvalue weighted by Crippen LogP contribution is 2.22. The van der Waals surface area contributed by atoms with Crippen molar-refractivity contribution in [3.8, 4) is 0 Å². The minimum absolute atomic E-state index is 0.120. The first-order chi connectivity index (χ1) is 7.24. The average molecular weight is 210 g/mol. The van der Waals surface area contributed by atoms with Crippen LogP contribution < -0.4 is 11.1 Å². The van der Waals surface area contributed by atoms with E-state index in [4.69, 9.17) is 10.5 Å². The zero-order valence-electron chi connectivity index (χ0n) is 8.56. The number of anilines is 1. The summed E-state index contributed by atoms with van der Waals surface area (Å²) in [6.45, 7) is 1.29. The third-order valence-electron chi connectivity index (χ3n) is 2.52. The largest absolute Gasteiger partial charge is 0.396 e. The summed E-state index contributed by atoms with van der Waals surface area (Å²) < 4.78 is 6.91. The highest BCUT2D eigenvalue weighted by molar-refractivity contribution is 5.97. The highest BCUT2D eigenvalue weighted by atomic mass is 16.5. The molecule has 0 spiro atoms. The monoisotopic (exact) mass is 210 g/mol. The van der Waals surface area contributed by atoms with Crippen molar-refractivity contribution < 1.29 is 9.53 Å². The van der Waals surface area contributed by atoms with Crippen LogP contribution in [0.2, 0.25) is 0 Å². The van der Waals surface area contributed by atoms with E-state index in [0.29, 0.717) is 24.6 Å². The van der Waals surface area contributed by atoms with E-state index in [9.17, 15) is 4.79 Å². The number of hydrogen-bond acceptors (Lipinski definition) is 4. The molecule has 1 aromatic heterocycles. The highest BCUT2D eigenvalue weighted by Gasteiger charge is 2.24. The SMILES string of the molecule is CNC(=O)c1c(N)cnn1C1CCOC1. The topological polar surface area (TPSA) is 82.2 Å². The van der Waals surface area contributed by atoms with Gasteiger partial charge in [0.2, 0.25) is 0 Å². The molecule has 0 aromatic carbocycles. The number of aromatic nitrogens is 2. The number of nitrogen functional groups attached to an aromatic ring is 1. The molecule has 15 heavy (non-hydrogen) atoms. The van der Waals surface area contributed by atoms with Crippen LogP contribution in [0.3, 0.4) is 0 Å². The van der Waals surface area contributed by atoms with Crippen LogP contribution in [0.1, 0.15) is 23.0 Å². The van der Waals surface area contributed by atoms with Crippen LogP contribution in [0.15, 0.2) is 6.20 Å². The van der Waals surface area contributed by atoms with Crippen molar-refractivity contribution in [1.29, 1.82) is 0 Å². The molecule has 0 saturated carbocycles. The molecule has 0 aliphatic carbocycles. The predicted molar refractivity (Wildman–Crippen MR) is 54.5 cm³/mol. The lowest BCUT2D eigenvalue weighted by Gasteiger charge is -2.12. The molecular formula is C9H14N4O2. The Labute approximate surface area is 87.4 Å². The lowest BCUT2D eigenvalue weighted by molar-refractivity contribution is 0.0949. The zero-order valence-corrected chi connectivity index (χ0v) is 8.56. The van der Waals surface area contributed by atoms with Crippen molar-refractivity contribution in [1.82, 2.24) is 15.1 Å². The van der Waals surface area contributed by atoms with Gasteiger partial charge in [-0.2, -0.15) is 5.10 Å². The molecule has 1 aromatic rings. The van der Waals surface area contributed by atoms with Gasteiger partial charge in [-0.3, -0.25) is 9.48 Å². The maximum Gasteiger partial charge on any atom is 0.271 e. The maximum absolute atomic E-state index is 11.6. The standard InChI is InChI=1S/C9H14N4O2/c1-11-9(14)8-7(10)4-12-13(8)6-2-3-15-5-6/h4,6H,2-3,5,10H2,1H3,(H,11,14). The van der Waals surface area contributed by atoms with E-state index >= 15 is 0 Å². The number of nitrogens with two attached hydrogens (primary N) is 1. The van der Waals surface area contributed by atoms with E-state index in [-0.39, 0.29) is 11.9 Å². The third kappa shape index (κ3) is 1.68. The molecular weight excluding hydrogens is 196 g/mol. The summed E-state index contributed by atoms with van der Waals surface area (Å²) >= 11 is 0. The van der Waals surface area contributed by atoms with Crippen LogP contribution in [0.4, 0.5) is 5.69 Å². The van der Waals surface area contributed by atoms with Gasteiger partial charge < -0.3 is 15.8 Å². The molecule has 0 radical (unpaired) electrons. The molecule has 1 saturated heterocycles. The number of ether oxygens (including phenoxy) is 1. The number of carbonyl (C=O) groups excluding carboxylic acids is 1. The summed E-state index contributed by atoms with van der Waals surface area (Å²) in [4.78, 5) is 11.6. The van der Waals surface area contributed by atoms with Crippen LogP contribution in [0, 0.1) is 0 Å². The Morgan fingerprint density at radius 2 is 2.60 bits per heavy atom. The fourth-order valence-corrected chi connectivity index (χ4v) is 1.72. The number of carbonyl (C=O) groups is 1. The van der Waals surface area contributed by atoms with Crippen molar-refractivity contribution in [2.24, 2.45) is 0 Å². The van der Waals surface area contributed by atoms with Crippen molar-refractivity contribution in [2.75, 3.05) is 26.0 Å². The number of nitrogens with one attached hydrogen (secondary N) is 1. The summed E-state index contributed by atoms with van der Waals surface area (Å²) in [5.74, 6) is -0.211. The Morgan fingerprint density at radius 1 is 1.80 bits per heavy atom. The molecule has 1 aliphatic heterocycles. The predicted octanol–water partition coefficient (Wildman–Crippen LogP) is -0.214. The molecule has 82 valence electrons. The minimum Gasteiger partial charge on any atom is -0.396 e. The van der Waals surface area contributed by atoms with Crippen LogP contribution in [0.25, 0.3) is 0 Å². The Bertz CT molecular complexity index is 368.